The first-order valence-electron chi connectivity index (χ1n) is 8.04. The van der Waals surface area contributed by atoms with Gasteiger partial charge in [0, 0.05) is 12.3 Å². The van der Waals surface area contributed by atoms with Crippen molar-refractivity contribution in [3.8, 4) is 5.69 Å². The molecule has 0 aliphatic heterocycles. The van der Waals surface area contributed by atoms with E-state index in [0.29, 0.717) is 15.8 Å². The molecular weight excluding hydrogens is 402 g/mol. The van der Waals surface area contributed by atoms with Gasteiger partial charge in [-0.25, -0.2) is 0 Å². The highest BCUT2D eigenvalue weighted by Gasteiger charge is 2.26. The van der Waals surface area contributed by atoms with Gasteiger partial charge in [-0.1, -0.05) is 30.3 Å². The highest BCUT2D eigenvalue weighted by atomic mass is 79.9. The Morgan fingerprint density at radius 1 is 1.24 bits per heavy atom. The summed E-state index contributed by atoms with van der Waals surface area (Å²) < 4.78 is 7.60. The molecule has 1 heterocycles. The summed E-state index contributed by atoms with van der Waals surface area (Å²) in [6.07, 6.45) is 2.53. The van der Waals surface area contributed by atoms with Crippen molar-refractivity contribution in [1.29, 1.82) is 0 Å². The number of fused-ring (bicyclic) bond motifs is 1. The van der Waals surface area contributed by atoms with Gasteiger partial charge >= 0.3 is 5.97 Å². The Bertz CT molecular complexity index is 953. The van der Waals surface area contributed by atoms with Crippen LogP contribution in [-0.2, 0) is 9.53 Å². The lowest BCUT2D eigenvalue weighted by molar-refractivity contribution is -0.138. The first kappa shape index (κ1) is 16.6. The van der Waals surface area contributed by atoms with Crippen LogP contribution in [0.5, 0.6) is 0 Å². The molecule has 0 saturated heterocycles. The molecule has 0 radical (unpaired) electrons. The zero-order valence-corrected chi connectivity index (χ0v) is 16.0. The van der Waals surface area contributed by atoms with Gasteiger partial charge in [0.1, 0.15) is 5.94 Å². The van der Waals surface area contributed by atoms with Crippen molar-refractivity contribution in [2.24, 2.45) is 0 Å². The van der Waals surface area contributed by atoms with Crippen molar-refractivity contribution in [3.63, 3.8) is 0 Å². The summed E-state index contributed by atoms with van der Waals surface area (Å²) in [5.41, 5.74) is 2.43. The van der Waals surface area contributed by atoms with Crippen molar-refractivity contribution in [1.82, 2.24) is 14.8 Å². The molecule has 128 valence electrons. The number of halogens is 1. The van der Waals surface area contributed by atoms with Crippen LogP contribution < -0.4 is 0 Å². The van der Waals surface area contributed by atoms with Crippen LogP contribution in [-0.4, -0.2) is 26.7 Å². The SMILES string of the molecule is CC(=O)OCSc1nnc(Br)n1-c1ccc(C2CC2)c2ccccc12. The molecule has 1 aromatic heterocycles. The zero-order valence-electron chi connectivity index (χ0n) is 13.6. The average molecular weight is 418 g/mol. The van der Waals surface area contributed by atoms with Gasteiger partial charge in [-0.2, -0.15) is 0 Å². The minimum Gasteiger partial charge on any atom is -0.454 e. The summed E-state index contributed by atoms with van der Waals surface area (Å²) in [6.45, 7) is 1.39. The van der Waals surface area contributed by atoms with Gasteiger partial charge < -0.3 is 4.74 Å². The molecule has 1 aliphatic carbocycles. The van der Waals surface area contributed by atoms with E-state index >= 15 is 0 Å². The lowest BCUT2D eigenvalue weighted by Gasteiger charge is -2.13. The second kappa shape index (κ2) is 6.80. The van der Waals surface area contributed by atoms with Crippen LogP contribution >= 0.6 is 27.7 Å². The first-order valence-corrected chi connectivity index (χ1v) is 9.82. The molecular formula is C18H16BrN3O2S. The van der Waals surface area contributed by atoms with E-state index in [4.69, 9.17) is 4.74 Å². The predicted octanol–water partition coefficient (Wildman–Crippen LogP) is 4.67. The van der Waals surface area contributed by atoms with Gasteiger partial charge in [0.05, 0.1) is 5.69 Å². The Morgan fingerprint density at radius 2 is 2.00 bits per heavy atom. The molecule has 0 amide bonds. The van der Waals surface area contributed by atoms with Crippen LogP contribution in [0.4, 0.5) is 0 Å². The molecule has 4 rings (SSSR count). The molecule has 1 saturated carbocycles. The van der Waals surface area contributed by atoms with Gasteiger partial charge in [0.2, 0.25) is 4.73 Å². The number of carbonyl (C=O) groups excluding carboxylic acids is 1. The van der Waals surface area contributed by atoms with E-state index in [1.54, 1.807) is 0 Å². The van der Waals surface area contributed by atoms with Gasteiger partial charge in [-0.15, -0.1) is 10.2 Å². The van der Waals surface area contributed by atoms with Crippen LogP contribution in [0, 0.1) is 0 Å². The predicted molar refractivity (Wildman–Crippen MR) is 101 cm³/mol. The number of carbonyl (C=O) groups is 1. The molecule has 7 heteroatoms. The number of rotatable bonds is 5. The Balaban J connectivity index is 1.79. The van der Waals surface area contributed by atoms with E-state index in [0.717, 1.165) is 5.69 Å². The van der Waals surface area contributed by atoms with Crippen LogP contribution in [0.3, 0.4) is 0 Å². The van der Waals surface area contributed by atoms with Crippen molar-refractivity contribution >= 4 is 44.4 Å². The Hall–Kier alpha value is -1.86. The summed E-state index contributed by atoms with van der Waals surface area (Å²) in [5, 5.41) is 11.5. The van der Waals surface area contributed by atoms with Crippen molar-refractivity contribution in [3.05, 3.63) is 46.7 Å². The third kappa shape index (κ3) is 3.30. The lowest BCUT2D eigenvalue weighted by atomic mass is 9.99. The Kier molecular flexibility index (Phi) is 4.52. The van der Waals surface area contributed by atoms with Crippen LogP contribution in [0.15, 0.2) is 46.3 Å². The smallest absolute Gasteiger partial charge is 0.303 e. The molecule has 0 bridgehead atoms. The van der Waals surface area contributed by atoms with Gasteiger partial charge in [0.15, 0.2) is 5.16 Å². The largest absolute Gasteiger partial charge is 0.454 e. The minimum absolute atomic E-state index is 0.207. The maximum absolute atomic E-state index is 11.0. The number of aromatic nitrogens is 3. The normalized spacial score (nSPS) is 14.0. The van der Waals surface area contributed by atoms with E-state index in [1.807, 2.05) is 10.6 Å². The second-order valence-electron chi connectivity index (χ2n) is 5.98. The zero-order chi connectivity index (χ0) is 17.4. The highest BCUT2D eigenvalue weighted by molar-refractivity contribution is 9.10. The number of thioether (sulfide) groups is 1. The summed E-state index contributed by atoms with van der Waals surface area (Å²) in [6, 6.07) is 12.8. The fourth-order valence-corrected chi connectivity index (χ4v) is 4.26. The maximum atomic E-state index is 11.0. The van der Waals surface area contributed by atoms with E-state index in [2.05, 4.69) is 56.5 Å². The summed E-state index contributed by atoms with van der Waals surface area (Å²) in [7, 11) is 0. The summed E-state index contributed by atoms with van der Waals surface area (Å²) in [5.74, 6) is 0.580. The van der Waals surface area contributed by atoms with Crippen molar-refractivity contribution in [2.75, 3.05) is 5.94 Å². The summed E-state index contributed by atoms with van der Waals surface area (Å²) >= 11 is 4.83. The van der Waals surface area contributed by atoms with E-state index in [1.165, 1.54) is 47.9 Å². The third-order valence-electron chi connectivity index (χ3n) is 4.24. The number of ether oxygens (including phenoxy) is 1. The molecule has 0 unspecified atom stereocenters. The molecule has 0 N–H and O–H groups in total. The number of esters is 1. The number of nitrogens with zero attached hydrogens (tertiary/aromatic N) is 3. The van der Waals surface area contributed by atoms with Crippen molar-refractivity contribution in [2.45, 2.75) is 30.8 Å². The third-order valence-corrected chi connectivity index (χ3v) is 5.51. The maximum Gasteiger partial charge on any atom is 0.303 e. The van der Waals surface area contributed by atoms with Crippen LogP contribution in [0.1, 0.15) is 31.2 Å². The molecule has 0 atom stereocenters. The number of benzene rings is 2. The Morgan fingerprint density at radius 3 is 2.72 bits per heavy atom. The molecule has 1 fully saturated rings. The monoisotopic (exact) mass is 417 g/mol. The highest BCUT2D eigenvalue weighted by Crippen LogP contribution is 2.44. The van der Waals surface area contributed by atoms with Gasteiger partial charge in [-0.3, -0.25) is 9.36 Å². The van der Waals surface area contributed by atoms with E-state index in [-0.39, 0.29) is 11.9 Å². The fourth-order valence-electron chi connectivity index (χ4n) is 2.97. The molecule has 5 nitrogen and oxygen atoms in total. The number of hydrogen-bond donors (Lipinski definition) is 0. The molecule has 1 aliphatic rings. The first-order chi connectivity index (χ1) is 12.1. The Labute approximate surface area is 157 Å². The minimum atomic E-state index is -0.308. The number of hydrogen-bond acceptors (Lipinski definition) is 5. The summed E-state index contributed by atoms with van der Waals surface area (Å²) in [4.78, 5) is 11.0. The van der Waals surface area contributed by atoms with Crippen LogP contribution in [0.2, 0.25) is 0 Å². The quantitative estimate of drug-likeness (QED) is 0.342. The standard InChI is InChI=1S/C18H16BrN3O2S/c1-11(23)24-10-25-18-21-20-17(19)22(18)16-9-8-13(12-6-7-12)14-4-2-3-5-15(14)16/h2-5,8-9,12H,6-7,10H2,1H3. The molecule has 0 spiro atoms. The molecule has 3 aromatic rings. The van der Waals surface area contributed by atoms with Crippen molar-refractivity contribution < 1.29 is 9.53 Å². The van der Waals surface area contributed by atoms with E-state index < -0.39 is 0 Å². The van der Waals surface area contributed by atoms with Crippen LogP contribution in [0.25, 0.3) is 16.5 Å². The van der Waals surface area contributed by atoms with E-state index in [9.17, 15) is 4.79 Å². The fraction of sp³-hybridized carbons (Fsp3) is 0.278. The van der Waals surface area contributed by atoms with Gasteiger partial charge in [0.25, 0.3) is 0 Å². The average Bonchev–Trinajstić information content (AvgIpc) is 3.38. The lowest BCUT2D eigenvalue weighted by Crippen LogP contribution is -2.02. The molecule has 2 aromatic carbocycles. The topological polar surface area (TPSA) is 57.0 Å². The molecule has 25 heavy (non-hydrogen) atoms. The van der Waals surface area contributed by atoms with Gasteiger partial charge in [-0.05, 0) is 63.5 Å². The second-order valence-corrected chi connectivity index (χ2v) is 7.58.